The summed E-state index contributed by atoms with van der Waals surface area (Å²) in [6.45, 7) is 2.47. The molecular formula is C12H18BrN3O2. The zero-order valence-electron chi connectivity index (χ0n) is 10.6. The van der Waals surface area contributed by atoms with Crippen molar-refractivity contribution < 1.29 is 9.53 Å². The number of nitrogens with two attached hydrogens (primary N) is 1. The van der Waals surface area contributed by atoms with E-state index in [0.29, 0.717) is 18.8 Å². The van der Waals surface area contributed by atoms with Gasteiger partial charge in [0.1, 0.15) is 5.82 Å². The van der Waals surface area contributed by atoms with Gasteiger partial charge >= 0.3 is 0 Å². The molecule has 0 aliphatic rings. The summed E-state index contributed by atoms with van der Waals surface area (Å²) in [6.07, 6.45) is 1.35. The van der Waals surface area contributed by atoms with Crippen LogP contribution in [0.5, 0.6) is 0 Å². The number of anilines is 1. The number of carbonyl (C=O) groups excluding carboxylic acids is 1. The number of nitrogens with one attached hydrogen (secondary N) is 1. The van der Waals surface area contributed by atoms with Crippen molar-refractivity contribution in [3.63, 3.8) is 0 Å². The van der Waals surface area contributed by atoms with Gasteiger partial charge < -0.3 is 15.8 Å². The smallest absolute Gasteiger partial charge is 0.242 e. The lowest BCUT2D eigenvalue weighted by Gasteiger charge is -2.12. The monoisotopic (exact) mass is 315 g/mol. The van der Waals surface area contributed by atoms with Crippen molar-refractivity contribution in [2.75, 3.05) is 19.0 Å². The zero-order valence-corrected chi connectivity index (χ0v) is 12.2. The number of methoxy groups -OCH3 is 1. The highest BCUT2D eigenvalue weighted by Gasteiger charge is 2.13. The highest BCUT2D eigenvalue weighted by molar-refractivity contribution is 9.10. The van der Waals surface area contributed by atoms with Gasteiger partial charge in [0.25, 0.3) is 0 Å². The van der Waals surface area contributed by atoms with Crippen LogP contribution in [0.2, 0.25) is 0 Å². The molecule has 0 fully saturated rings. The van der Waals surface area contributed by atoms with E-state index in [9.17, 15) is 4.79 Å². The van der Waals surface area contributed by atoms with Crippen LogP contribution in [0.15, 0.2) is 16.6 Å². The van der Waals surface area contributed by atoms with Crippen LogP contribution in [-0.2, 0) is 9.53 Å². The van der Waals surface area contributed by atoms with E-state index in [4.69, 9.17) is 10.5 Å². The van der Waals surface area contributed by atoms with Crippen LogP contribution >= 0.6 is 15.9 Å². The van der Waals surface area contributed by atoms with Crippen molar-refractivity contribution >= 4 is 27.7 Å². The average Bonchev–Trinajstić information content (AvgIpc) is 2.34. The first-order valence-corrected chi connectivity index (χ1v) is 6.52. The Labute approximate surface area is 115 Å². The molecule has 0 radical (unpaired) electrons. The molecule has 0 aliphatic heterocycles. The number of amides is 1. The third-order valence-corrected chi connectivity index (χ3v) is 3.31. The van der Waals surface area contributed by atoms with Crippen LogP contribution in [0.1, 0.15) is 18.5 Å². The molecule has 0 saturated carbocycles. The molecular weight excluding hydrogens is 298 g/mol. The van der Waals surface area contributed by atoms with Gasteiger partial charge in [0.05, 0.1) is 11.7 Å². The first-order chi connectivity index (χ1) is 8.54. The first kappa shape index (κ1) is 15.1. The molecule has 1 rings (SSSR count). The standard InChI is InChI=1S/C12H18BrN3O2/c1-8-9(13)5-6-11(15-8)16-12(17)10(14)4-3-7-18-2/h5-6,10H,3-4,7,14H2,1-2H3,(H,15,16,17). The summed E-state index contributed by atoms with van der Waals surface area (Å²) in [5, 5.41) is 2.70. The summed E-state index contributed by atoms with van der Waals surface area (Å²) in [4.78, 5) is 16.0. The van der Waals surface area contributed by atoms with Gasteiger partial charge in [-0.2, -0.15) is 0 Å². The van der Waals surface area contributed by atoms with Gasteiger partial charge in [-0.25, -0.2) is 4.98 Å². The second-order valence-corrected chi connectivity index (χ2v) is 4.85. The molecule has 0 aliphatic carbocycles. The largest absolute Gasteiger partial charge is 0.385 e. The van der Waals surface area contributed by atoms with E-state index in [-0.39, 0.29) is 5.91 Å². The predicted molar refractivity (Wildman–Crippen MR) is 74.4 cm³/mol. The van der Waals surface area contributed by atoms with Crippen molar-refractivity contribution in [3.8, 4) is 0 Å². The SMILES string of the molecule is COCCCC(N)C(=O)Nc1ccc(Br)c(C)n1. The van der Waals surface area contributed by atoms with Gasteiger partial charge in [0, 0.05) is 18.2 Å². The minimum Gasteiger partial charge on any atom is -0.385 e. The summed E-state index contributed by atoms with van der Waals surface area (Å²) in [5.74, 6) is 0.295. The number of aromatic nitrogens is 1. The quantitative estimate of drug-likeness (QED) is 0.785. The Hall–Kier alpha value is -0.980. The summed E-state index contributed by atoms with van der Waals surface area (Å²) in [7, 11) is 1.63. The van der Waals surface area contributed by atoms with E-state index in [2.05, 4.69) is 26.2 Å². The van der Waals surface area contributed by atoms with Gasteiger partial charge in [-0.3, -0.25) is 4.79 Å². The molecule has 0 aromatic carbocycles. The molecule has 1 unspecified atom stereocenters. The number of pyridine rings is 1. The van der Waals surface area contributed by atoms with Crippen molar-refractivity contribution in [3.05, 3.63) is 22.3 Å². The lowest BCUT2D eigenvalue weighted by atomic mass is 10.1. The van der Waals surface area contributed by atoms with E-state index in [1.165, 1.54) is 0 Å². The van der Waals surface area contributed by atoms with Crippen molar-refractivity contribution in [1.82, 2.24) is 4.98 Å². The van der Waals surface area contributed by atoms with Crippen LogP contribution in [0.3, 0.4) is 0 Å². The molecule has 5 nitrogen and oxygen atoms in total. The number of rotatable bonds is 6. The molecule has 6 heteroatoms. The fourth-order valence-corrected chi connectivity index (χ4v) is 1.63. The number of carbonyl (C=O) groups is 1. The van der Waals surface area contributed by atoms with Crippen LogP contribution < -0.4 is 11.1 Å². The van der Waals surface area contributed by atoms with Crippen molar-refractivity contribution in [2.45, 2.75) is 25.8 Å². The van der Waals surface area contributed by atoms with Gasteiger partial charge in [-0.05, 0) is 47.8 Å². The van der Waals surface area contributed by atoms with E-state index in [0.717, 1.165) is 16.6 Å². The molecule has 18 heavy (non-hydrogen) atoms. The van der Waals surface area contributed by atoms with E-state index < -0.39 is 6.04 Å². The van der Waals surface area contributed by atoms with Gasteiger partial charge in [0.2, 0.25) is 5.91 Å². The molecule has 0 saturated heterocycles. The maximum absolute atomic E-state index is 11.8. The Kier molecular flexibility index (Phi) is 6.24. The highest BCUT2D eigenvalue weighted by atomic mass is 79.9. The number of nitrogens with zero attached hydrogens (tertiary/aromatic N) is 1. The minimum atomic E-state index is -0.536. The van der Waals surface area contributed by atoms with Crippen LogP contribution in [0.4, 0.5) is 5.82 Å². The third kappa shape index (κ3) is 4.72. The lowest BCUT2D eigenvalue weighted by Crippen LogP contribution is -2.36. The van der Waals surface area contributed by atoms with Crippen LogP contribution in [0.25, 0.3) is 0 Å². The van der Waals surface area contributed by atoms with Crippen molar-refractivity contribution in [2.24, 2.45) is 5.73 Å². The molecule has 1 aromatic rings. The number of halogens is 1. The Morgan fingerprint density at radius 3 is 2.94 bits per heavy atom. The van der Waals surface area contributed by atoms with Crippen molar-refractivity contribution in [1.29, 1.82) is 0 Å². The highest BCUT2D eigenvalue weighted by Crippen LogP contribution is 2.16. The fourth-order valence-electron chi connectivity index (χ4n) is 1.41. The summed E-state index contributed by atoms with van der Waals surface area (Å²) >= 11 is 3.35. The second kappa shape index (κ2) is 7.45. The molecule has 1 aromatic heterocycles. The number of hydrogen-bond donors (Lipinski definition) is 2. The summed E-state index contributed by atoms with van der Waals surface area (Å²) in [5.41, 5.74) is 6.59. The topological polar surface area (TPSA) is 77.2 Å². The fraction of sp³-hybridized carbons (Fsp3) is 0.500. The summed E-state index contributed by atoms with van der Waals surface area (Å²) < 4.78 is 5.82. The molecule has 100 valence electrons. The average molecular weight is 316 g/mol. The van der Waals surface area contributed by atoms with Crippen LogP contribution in [0, 0.1) is 6.92 Å². The minimum absolute atomic E-state index is 0.222. The molecule has 0 spiro atoms. The molecule has 1 heterocycles. The van der Waals surface area contributed by atoms with Crippen LogP contribution in [-0.4, -0.2) is 30.6 Å². The second-order valence-electron chi connectivity index (χ2n) is 3.99. The van der Waals surface area contributed by atoms with E-state index in [1.54, 1.807) is 13.2 Å². The Bertz CT molecular complexity index is 412. The lowest BCUT2D eigenvalue weighted by molar-refractivity contribution is -0.117. The number of aryl methyl sites for hydroxylation is 1. The molecule has 1 amide bonds. The Morgan fingerprint density at radius 1 is 1.61 bits per heavy atom. The van der Waals surface area contributed by atoms with Gasteiger partial charge in [0.15, 0.2) is 0 Å². The van der Waals surface area contributed by atoms with Gasteiger partial charge in [-0.1, -0.05) is 0 Å². The number of ether oxygens (including phenoxy) is 1. The molecule has 0 bridgehead atoms. The maximum atomic E-state index is 11.8. The molecule has 1 atom stereocenters. The predicted octanol–water partition coefficient (Wildman–Crippen LogP) is 1.84. The number of hydrogen-bond acceptors (Lipinski definition) is 4. The Balaban J connectivity index is 2.50. The normalized spacial score (nSPS) is 12.2. The maximum Gasteiger partial charge on any atom is 0.242 e. The van der Waals surface area contributed by atoms with Gasteiger partial charge in [-0.15, -0.1) is 0 Å². The molecule has 3 N–H and O–H groups in total. The zero-order chi connectivity index (χ0) is 13.5. The summed E-state index contributed by atoms with van der Waals surface area (Å²) in [6, 6.07) is 3.04. The Morgan fingerprint density at radius 2 is 2.33 bits per heavy atom. The van der Waals surface area contributed by atoms with E-state index in [1.807, 2.05) is 13.0 Å². The van der Waals surface area contributed by atoms with E-state index >= 15 is 0 Å². The third-order valence-electron chi connectivity index (χ3n) is 2.47. The first-order valence-electron chi connectivity index (χ1n) is 5.73.